The highest BCUT2D eigenvalue weighted by molar-refractivity contribution is 5.02. The van der Waals surface area contributed by atoms with Crippen molar-refractivity contribution in [2.45, 2.75) is 76.4 Å². The monoisotopic (exact) mass is 289 g/mol. The summed E-state index contributed by atoms with van der Waals surface area (Å²) >= 11 is 0. The van der Waals surface area contributed by atoms with Crippen molar-refractivity contribution in [3.8, 4) is 0 Å². The normalized spacial score (nSPS) is 41.1. The molecule has 0 radical (unpaired) electrons. The second kappa shape index (κ2) is 5.19. The van der Waals surface area contributed by atoms with Gasteiger partial charge in [0.15, 0.2) is 0 Å². The highest BCUT2D eigenvalue weighted by Gasteiger charge is 2.50. The molecule has 0 aromatic rings. The Balaban J connectivity index is 1.50. The van der Waals surface area contributed by atoms with Crippen LogP contribution >= 0.6 is 0 Å². The fraction of sp³-hybridized carbons (Fsp3) is 1.00. The van der Waals surface area contributed by atoms with E-state index >= 15 is 0 Å². The smallest absolute Gasteiger partial charge is 0.328 e. The van der Waals surface area contributed by atoms with Crippen molar-refractivity contribution in [3.63, 3.8) is 0 Å². The summed E-state index contributed by atoms with van der Waals surface area (Å²) in [5.74, 6) is 2.68. The van der Waals surface area contributed by atoms with Crippen LogP contribution in [0.15, 0.2) is 0 Å². The van der Waals surface area contributed by atoms with Crippen LogP contribution in [0.3, 0.4) is 0 Å². The third kappa shape index (κ3) is 3.32. The molecule has 4 rings (SSSR count). The second-order valence-corrected chi connectivity index (χ2v) is 7.89. The van der Waals surface area contributed by atoms with E-state index < -0.39 is 12.6 Å². The largest absolute Gasteiger partial charge is 0.389 e. The Labute approximate surface area is 119 Å². The number of halogens is 3. The molecule has 2 N–H and O–H groups in total. The van der Waals surface area contributed by atoms with Crippen molar-refractivity contribution < 1.29 is 13.2 Å². The van der Waals surface area contributed by atoms with Crippen molar-refractivity contribution in [1.29, 1.82) is 0 Å². The van der Waals surface area contributed by atoms with E-state index in [1.165, 1.54) is 38.5 Å². The minimum absolute atomic E-state index is 0.0337. The first-order chi connectivity index (χ1) is 9.34. The third-order valence-corrected chi connectivity index (χ3v) is 5.90. The molecule has 1 unspecified atom stereocenters. The molecule has 4 bridgehead atoms. The van der Waals surface area contributed by atoms with Gasteiger partial charge in [0.1, 0.15) is 0 Å². The molecule has 1 nitrogen and oxygen atoms in total. The lowest BCUT2D eigenvalue weighted by molar-refractivity contribution is -0.136. The lowest BCUT2D eigenvalue weighted by atomic mass is 9.48. The molecule has 0 aliphatic heterocycles. The van der Waals surface area contributed by atoms with Crippen molar-refractivity contribution in [3.05, 3.63) is 0 Å². The van der Waals surface area contributed by atoms with Gasteiger partial charge in [-0.15, -0.1) is 0 Å². The number of rotatable bonds is 5. The highest BCUT2D eigenvalue weighted by atomic mass is 19.4. The quantitative estimate of drug-likeness (QED) is 0.783. The van der Waals surface area contributed by atoms with E-state index in [-0.39, 0.29) is 12.5 Å². The Morgan fingerprint density at radius 1 is 1.00 bits per heavy atom. The van der Waals surface area contributed by atoms with Gasteiger partial charge in [0.2, 0.25) is 0 Å². The van der Waals surface area contributed by atoms with Crippen molar-refractivity contribution in [2.75, 3.05) is 0 Å². The van der Waals surface area contributed by atoms with Gasteiger partial charge in [-0.1, -0.05) is 0 Å². The average molecular weight is 289 g/mol. The van der Waals surface area contributed by atoms with Gasteiger partial charge in [-0.2, -0.15) is 13.2 Å². The van der Waals surface area contributed by atoms with Crippen LogP contribution < -0.4 is 5.73 Å². The van der Waals surface area contributed by atoms with Gasteiger partial charge < -0.3 is 5.73 Å². The molecule has 0 saturated heterocycles. The first-order valence-corrected chi connectivity index (χ1v) is 8.16. The zero-order chi connectivity index (χ0) is 14.4. The van der Waals surface area contributed by atoms with Crippen LogP contribution in [0.1, 0.15) is 64.2 Å². The molecule has 0 spiro atoms. The molecule has 4 heteroatoms. The first kappa shape index (κ1) is 14.7. The summed E-state index contributed by atoms with van der Waals surface area (Å²) in [4.78, 5) is 0. The molecule has 20 heavy (non-hydrogen) atoms. The predicted molar refractivity (Wildman–Crippen MR) is 73.1 cm³/mol. The van der Waals surface area contributed by atoms with Crippen LogP contribution in [0, 0.1) is 23.2 Å². The Kier molecular flexibility index (Phi) is 3.81. The summed E-state index contributed by atoms with van der Waals surface area (Å²) in [5.41, 5.74) is 6.55. The molecule has 0 aromatic heterocycles. The van der Waals surface area contributed by atoms with Crippen LogP contribution in [0.4, 0.5) is 13.2 Å². The molecule has 116 valence electrons. The zero-order valence-electron chi connectivity index (χ0n) is 12.1. The molecule has 0 heterocycles. The molecular formula is C16H26F3N. The first-order valence-electron chi connectivity index (χ1n) is 8.16. The number of hydrogen-bond donors (Lipinski definition) is 1. The molecular weight excluding hydrogens is 263 g/mol. The molecule has 4 saturated carbocycles. The fourth-order valence-corrected chi connectivity index (χ4v) is 5.76. The Morgan fingerprint density at radius 2 is 1.50 bits per heavy atom. The Morgan fingerprint density at radius 3 is 1.95 bits per heavy atom. The van der Waals surface area contributed by atoms with Gasteiger partial charge in [0.25, 0.3) is 0 Å². The summed E-state index contributed by atoms with van der Waals surface area (Å²) in [5, 5.41) is 0. The van der Waals surface area contributed by atoms with E-state index in [1.54, 1.807) is 0 Å². The standard InChI is InChI=1S/C16H26F3N/c17-16(18,19)3-1-2-14(20)10-15-7-11-4-12(8-15)6-13(5-11)9-15/h11-14H,1-10,20H2. The summed E-state index contributed by atoms with van der Waals surface area (Å²) in [6, 6.07) is -0.0337. The Hall–Kier alpha value is -0.250. The van der Waals surface area contributed by atoms with E-state index in [1.807, 2.05) is 0 Å². The molecule has 0 amide bonds. The van der Waals surface area contributed by atoms with Gasteiger partial charge in [0.05, 0.1) is 0 Å². The minimum atomic E-state index is -4.03. The van der Waals surface area contributed by atoms with Gasteiger partial charge >= 0.3 is 6.18 Å². The van der Waals surface area contributed by atoms with E-state index in [9.17, 15) is 13.2 Å². The SMILES string of the molecule is NC(CCCC(F)(F)F)CC12CC3CC(CC(C3)C1)C2. The van der Waals surface area contributed by atoms with E-state index in [0.29, 0.717) is 11.8 Å². The Bertz CT molecular complexity index is 315. The van der Waals surface area contributed by atoms with Gasteiger partial charge in [-0.3, -0.25) is 0 Å². The molecule has 1 atom stereocenters. The summed E-state index contributed by atoms with van der Waals surface area (Å²) in [6.45, 7) is 0. The third-order valence-electron chi connectivity index (χ3n) is 5.90. The van der Waals surface area contributed by atoms with E-state index in [4.69, 9.17) is 5.73 Å². The average Bonchev–Trinajstić information content (AvgIpc) is 2.23. The second-order valence-electron chi connectivity index (χ2n) is 7.89. The number of nitrogens with two attached hydrogens (primary N) is 1. The van der Waals surface area contributed by atoms with Crippen LogP contribution in [0.25, 0.3) is 0 Å². The van der Waals surface area contributed by atoms with Crippen molar-refractivity contribution in [2.24, 2.45) is 28.9 Å². The maximum atomic E-state index is 12.2. The zero-order valence-corrected chi connectivity index (χ0v) is 12.1. The maximum absolute atomic E-state index is 12.2. The van der Waals surface area contributed by atoms with Gasteiger partial charge in [-0.05, 0) is 81.0 Å². The van der Waals surface area contributed by atoms with Crippen LogP contribution in [0.2, 0.25) is 0 Å². The van der Waals surface area contributed by atoms with Crippen molar-refractivity contribution >= 4 is 0 Å². The molecule has 4 fully saturated rings. The summed E-state index contributed by atoms with van der Waals surface area (Å²) in [6.07, 6.45) is 5.09. The number of hydrogen-bond acceptors (Lipinski definition) is 1. The lowest BCUT2D eigenvalue weighted by Crippen LogP contribution is -2.48. The summed E-state index contributed by atoms with van der Waals surface area (Å²) < 4.78 is 36.5. The van der Waals surface area contributed by atoms with Crippen LogP contribution in [0.5, 0.6) is 0 Å². The molecule has 0 aromatic carbocycles. The van der Waals surface area contributed by atoms with Crippen LogP contribution in [-0.2, 0) is 0 Å². The number of alkyl halides is 3. The topological polar surface area (TPSA) is 26.0 Å². The van der Waals surface area contributed by atoms with E-state index in [0.717, 1.165) is 24.2 Å². The summed E-state index contributed by atoms with van der Waals surface area (Å²) in [7, 11) is 0. The van der Waals surface area contributed by atoms with Gasteiger partial charge in [0, 0.05) is 12.5 Å². The molecule has 4 aliphatic carbocycles. The highest BCUT2D eigenvalue weighted by Crippen LogP contribution is 2.61. The lowest BCUT2D eigenvalue weighted by Gasteiger charge is -2.57. The maximum Gasteiger partial charge on any atom is 0.389 e. The minimum Gasteiger partial charge on any atom is -0.328 e. The van der Waals surface area contributed by atoms with Crippen LogP contribution in [-0.4, -0.2) is 12.2 Å². The van der Waals surface area contributed by atoms with E-state index in [2.05, 4.69) is 0 Å². The molecule has 4 aliphatic rings. The fourth-order valence-electron chi connectivity index (χ4n) is 5.76. The van der Waals surface area contributed by atoms with Crippen molar-refractivity contribution in [1.82, 2.24) is 0 Å². The predicted octanol–water partition coefficient (Wildman–Crippen LogP) is 4.65. The van der Waals surface area contributed by atoms with Gasteiger partial charge in [-0.25, -0.2) is 0 Å².